The zero-order chi connectivity index (χ0) is 7.94. The fraction of sp³-hybridized carbons (Fsp3) is 0.250. The Hall–Kier alpha value is -1.38. The van der Waals surface area contributed by atoms with Gasteiger partial charge in [0.15, 0.2) is 0 Å². The topological polar surface area (TPSA) is 38.7 Å². The van der Waals surface area contributed by atoms with Gasteiger partial charge in [-0.05, 0) is 12.2 Å². The first kappa shape index (κ1) is 7.72. The third kappa shape index (κ3) is 2.80. The first-order valence-corrected chi connectivity index (χ1v) is 3.39. The molecular weight excluding hydrogens is 142 g/mol. The van der Waals surface area contributed by atoms with Crippen LogP contribution in [0, 0.1) is 0 Å². The quantitative estimate of drug-likeness (QED) is 0.339. The maximum absolute atomic E-state index is 9.82. The molecule has 0 saturated carbocycles. The predicted molar refractivity (Wildman–Crippen MR) is 42.6 cm³/mol. The van der Waals surface area contributed by atoms with Gasteiger partial charge in [0.25, 0.3) is 0 Å². The van der Waals surface area contributed by atoms with Gasteiger partial charge in [-0.25, -0.2) is 4.99 Å². The molecule has 58 valence electrons. The first-order chi connectivity index (χ1) is 5.43. The summed E-state index contributed by atoms with van der Waals surface area (Å²) in [6.07, 6.45) is 7.22. The molecule has 0 amide bonds. The highest BCUT2D eigenvalue weighted by Gasteiger charge is 2.00. The van der Waals surface area contributed by atoms with E-state index in [2.05, 4.69) is 4.99 Å². The summed E-state index contributed by atoms with van der Waals surface area (Å²) in [6, 6.07) is 0. The Kier molecular flexibility index (Phi) is 3.12. The molecule has 1 heterocycles. The van der Waals surface area contributed by atoms with Crippen molar-refractivity contribution in [1.82, 2.24) is 0 Å². The van der Waals surface area contributed by atoms with Crippen molar-refractivity contribution < 1.29 is 9.53 Å². The minimum atomic E-state index is 0.639. The van der Waals surface area contributed by atoms with Gasteiger partial charge in [-0.15, -0.1) is 0 Å². The molecule has 0 saturated heterocycles. The largest absolute Gasteiger partial charge is 0.476 e. The molecule has 1 aliphatic heterocycles. The molecule has 0 aliphatic carbocycles. The molecule has 0 aromatic carbocycles. The number of carbonyl (C=O) groups is 1. The van der Waals surface area contributed by atoms with E-state index in [0.717, 1.165) is 12.8 Å². The molecule has 1 aliphatic rings. The minimum Gasteiger partial charge on any atom is -0.476 e. The third-order valence-electron chi connectivity index (χ3n) is 1.15. The average Bonchev–Trinajstić information content (AvgIpc) is 2.50. The van der Waals surface area contributed by atoms with Crippen LogP contribution in [0.1, 0.15) is 0 Å². The van der Waals surface area contributed by atoms with Crippen molar-refractivity contribution in [2.75, 3.05) is 13.2 Å². The Morgan fingerprint density at radius 3 is 2.91 bits per heavy atom. The molecule has 0 bridgehead atoms. The lowest BCUT2D eigenvalue weighted by Crippen LogP contribution is -1.92. The van der Waals surface area contributed by atoms with Gasteiger partial charge in [0, 0.05) is 0 Å². The van der Waals surface area contributed by atoms with Crippen LogP contribution in [0.15, 0.2) is 29.3 Å². The Balaban J connectivity index is 2.34. The summed E-state index contributed by atoms with van der Waals surface area (Å²) >= 11 is 0. The monoisotopic (exact) mass is 151 g/mol. The van der Waals surface area contributed by atoms with E-state index in [1.54, 1.807) is 18.2 Å². The van der Waals surface area contributed by atoms with Crippen LogP contribution in [-0.2, 0) is 9.53 Å². The summed E-state index contributed by atoms with van der Waals surface area (Å²) in [6.45, 7) is 1.40. The van der Waals surface area contributed by atoms with Crippen LogP contribution >= 0.6 is 0 Å². The van der Waals surface area contributed by atoms with Crippen molar-refractivity contribution in [2.24, 2.45) is 4.99 Å². The number of ether oxygens (including phenoxy) is 1. The molecule has 0 atom stereocenters. The molecule has 11 heavy (non-hydrogen) atoms. The number of nitrogens with zero attached hydrogens (tertiary/aromatic N) is 1. The van der Waals surface area contributed by atoms with Crippen LogP contribution in [0.25, 0.3) is 0 Å². The van der Waals surface area contributed by atoms with Gasteiger partial charge < -0.3 is 4.74 Å². The minimum absolute atomic E-state index is 0.639. The molecular formula is C8H9NO2. The number of hydrogen-bond donors (Lipinski definition) is 0. The second-order valence-electron chi connectivity index (χ2n) is 1.95. The highest BCUT2D eigenvalue weighted by molar-refractivity contribution is 5.88. The summed E-state index contributed by atoms with van der Waals surface area (Å²) in [5.74, 6) is 0.639. The number of carbonyl (C=O) groups excluding carboxylic acids is 1. The molecule has 0 N–H and O–H groups in total. The standard InChI is InChI=1S/C8H9NO2/c10-6-3-1-2-4-8-9-5-7-11-8/h1-4,6H,5,7H2. The van der Waals surface area contributed by atoms with E-state index < -0.39 is 0 Å². The Labute approximate surface area is 65.1 Å². The average molecular weight is 151 g/mol. The fourth-order valence-corrected chi connectivity index (χ4v) is 0.700. The third-order valence-corrected chi connectivity index (χ3v) is 1.15. The second kappa shape index (κ2) is 4.44. The van der Waals surface area contributed by atoms with Gasteiger partial charge >= 0.3 is 0 Å². The normalized spacial score (nSPS) is 17.3. The fourth-order valence-electron chi connectivity index (χ4n) is 0.700. The summed E-state index contributed by atoms with van der Waals surface area (Å²) in [5.41, 5.74) is 0. The maximum Gasteiger partial charge on any atom is 0.208 e. The zero-order valence-corrected chi connectivity index (χ0v) is 6.06. The lowest BCUT2D eigenvalue weighted by atomic mass is 10.4. The van der Waals surface area contributed by atoms with Gasteiger partial charge in [0.2, 0.25) is 5.90 Å². The van der Waals surface area contributed by atoms with E-state index >= 15 is 0 Å². The second-order valence-corrected chi connectivity index (χ2v) is 1.95. The van der Waals surface area contributed by atoms with Gasteiger partial charge in [0.05, 0.1) is 6.54 Å². The number of hydrogen-bond acceptors (Lipinski definition) is 3. The Bertz CT molecular complexity index is 216. The van der Waals surface area contributed by atoms with E-state index in [1.165, 1.54) is 6.08 Å². The first-order valence-electron chi connectivity index (χ1n) is 3.39. The molecule has 1 rings (SSSR count). The van der Waals surface area contributed by atoms with Gasteiger partial charge in [-0.3, -0.25) is 4.79 Å². The van der Waals surface area contributed by atoms with Crippen molar-refractivity contribution in [2.45, 2.75) is 0 Å². The maximum atomic E-state index is 9.82. The number of rotatable bonds is 3. The van der Waals surface area contributed by atoms with E-state index in [0.29, 0.717) is 12.5 Å². The lowest BCUT2D eigenvalue weighted by molar-refractivity contribution is -0.104. The highest BCUT2D eigenvalue weighted by Crippen LogP contribution is 1.94. The zero-order valence-electron chi connectivity index (χ0n) is 6.06. The molecule has 3 nitrogen and oxygen atoms in total. The number of aldehydes is 1. The van der Waals surface area contributed by atoms with E-state index in [4.69, 9.17) is 4.74 Å². The molecule has 0 fully saturated rings. The molecule has 3 heteroatoms. The van der Waals surface area contributed by atoms with E-state index in [-0.39, 0.29) is 0 Å². The molecule has 0 spiro atoms. The molecule has 0 radical (unpaired) electrons. The van der Waals surface area contributed by atoms with Crippen LogP contribution in [0.3, 0.4) is 0 Å². The summed E-state index contributed by atoms with van der Waals surface area (Å²) < 4.78 is 5.07. The SMILES string of the molecule is O=CC=CC=CC1=NCCO1. The van der Waals surface area contributed by atoms with Crippen LogP contribution in [0.2, 0.25) is 0 Å². The highest BCUT2D eigenvalue weighted by atomic mass is 16.5. The van der Waals surface area contributed by atoms with Crippen LogP contribution < -0.4 is 0 Å². The van der Waals surface area contributed by atoms with Gasteiger partial charge in [-0.1, -0.05) is 12.2 Å². The smallest absolute Gasteiger partial charge is 0.208 e. The van der Waals surface area contributed by atoms with Crippen molar-refractivity contribution in [1.29, 1.82) is 0 Å². The predicted octanol–water partition coefficient (Wildman–Crippen LogP) is 0.726. The number of allylic oxidation sites excluding steroid dienone is 3. The van der Waals surface area contributed by atoms with Crippen LogP contribution in [-0.4, -0.2) is 25.3 Å². The number of aliphatic imine (C=N–C) groups is 1. The molecule has 0 unspecified atom stereocenters. The van der Waals surface area contributed by atoms with Gasteiger partial charge in [0.1, 0.15) is 12.9 Å². The lowest BCUT2D eigenvalue weighted by Gasteiger charge is -1.89. The molecule has 0 aromatic heterocycles. The summed E-state index contributed by atoms with van der Waals surface area (Å²) in [4.78, 5) is 13.8. The molecule has 0 aromatic rings. The van der Waals surface area contributed by atoms with E-state index in [9.17, 15) is 4.79 Å². The van der Waals surface area contributed by atoms with Crippen molar-refractivity contribution in [3.05, 3.63) is 24.3 Å². The van der Waals surface area contributed by atoms with Gasteiger partial charge in [-0.2, -0.15) is 0 Å². The Morgan fingerprint density at radius 2 is 2.27 bits per heavy atom. The van der Waals surface area contributed by atoms with Crippen LogP contribution in [0.5, 0.6) is 0 Å². The van der Waals surface area contributed by atoms with Crippen molar-refractivity contribution >= 4 is 12.2 Å². The summed E-state index contributed by atoms with van der Waals surface area (Å²) in [5, 5.41) is 0. The van der Waals surface area contributed by atoms with Crippen molar-refractivity contribution in [3.8, 4) is 0 Å². The summed E-state index contributed by atoms with van der Waals surface area (Å²) in [7, 11) is 0. The van der Waals surface area contributed by atoms with Crippen LogP contribution in [0.4, 0.5) is 0 Å². The van der Waals surface area contributed by atoms with E-state index in [1.807, 2.05) is 0 Å². The Morgan fingerprint density at radius 1 is 1.36 bits per heavy atom. The van der Waals surface area contributed by atoms with Crippen molar-refractivity contribution in [3.63, 3.8) is 0 Å².